The zero-order chi connectivity index (χ0) is 18.1. The molecule has 0 aromatic heterocycles. The lowest BCUT2D eigenvalue weighted by Gasteiger charge is -2.22. The summed E-state index contributed by atoms with van der Waals surface area (Å²) in [5.41, 5.74) is 3.66. The van der Waals surface area contributed by atoms with Gasteiger partial charge >= 0.3 is 0 Å². The van der Waals surface area contributed by atoms with Crippen molar-refractivity contribution in [2.24, 2.45) is 10.9 Å². The van der Waals surface area contributed by atoms with Gasteiger partial charge in [0.15, 0.2) is 0 Å². The van der Waals surface area contributed by atoms with Crippen molar-refractivity contribution in [3.8, 4) is 0 Å². The Balaban J connectivity index is 0.00000139. The fourth-order valence-electron chi connectivity index (χ4n) is 2.33. The number of hydrazone groups is 1. The second-order valence-electron chi connectivity index (χ2n) is 5.12. The number of hydrazine groups is 1. The standard InChI is InChI=1S/C15H18F2N4O.C2H6/c1-10(9-19-18)2-3-15(22)21-14(4-5-20-21)11-6-12(16)8-13(17)7-11;1-2/h5-8,14,19H,1-4,9,18H2;1-2H3. The average molecular weight is 338 g/mol. The van der Waals surface area contributed by atoms with Crippen molar-refractivity contribution in [3.63, 3.8) is 0 Å². The van der Waals surface area contributed by atoms with Gasteiger partial charge in [-0.25, -0.2) is 13.8 Å². The van der Waals surface area contributed by atoms with Crippen LogP contribution in [0.4, 0.5) is 8.78 Å². The molecule has 0 saturated carbocycles. The van der Waals surface area contributed by atoms with Crippen LogP contribution in [0.25, 0.3) is 0 Å². The molecule has 1 aliphatic rings. The predicted molar refractivity (Wildman–Crippen MR) is 91.0 cm³/mol. The van der Waals surface area contributed by atoms with Gasteiger partial charge in [-0.1, -0.05) is 26.0 Å². The van der Waals surface area contributed by atoms with Crippen LogP contribution in [0.2, 0.25) is 0 Å². The summed E-state index contributed by atoms with van der Waals surface area (Å²) in [5, 5.41) is 5.30. The van der Waals surface area contributed by atoms with Crippen molar-refractivity contribution in [1.82, 2.24) is 10.4 Å². The smallest absolute Gasteiger partial charge is 0.243 e. The molecule has 0 fully saturated rings. The van der Waals surface area contributed by atoms with E-state index in [1.807, 2.05) is 13.8 Å². The van der Waals surface area contributed by atoms with E-state index in [4.69, 9.17) is 5.84 Å². The molecule has 5 nitrogen and oxygen atoms in total. The Labute approximate surface area is 141 Å². The predicted octanol–water partition coefficient (Wildman–Crippen LogP) is 3.05. The summed E-state index contributed by atoms with van der Waals surface area (Å²) in [6.45, 7) is 8.22. The molecule has 0 saturated heterocycles. The maximum atomic E-state index is 13.3. The molecule has 2 rings (SSSR count). The van der Waals surface area contributed by atoms with E-state index in [0.717, 1.165) is 11.6 Å². The summed E-state index contributed by atoms with van der Waals surface area (Å²) in [6, 6.07) is 2.77. The molecule has 0 radical (unpaired) electrons. The number of nitrogens with two attached hydrogens (primary N) is 1. The quantitative estimate of drug-likeness (QED) is 0.476. The number of hydrogen-bond donors (Lipinski definition) is 2. The summed E-state index contributed by atoms with van der Waals surface area (Å²) < 4.78 is 26.7. The maximum Gasteiger partial charge on any atom is 0.243 e. The highest BCUT2D eigenvalue weighted by atomic mass is 19.1. The minimum Gasteiger partial charge on any atom is -0.273 e. The van der Waals surface area contributed by atoms with Crippen LogP contribution in [0.15, 0.2) is 35.5 Å². The van der Waals surface area contributed by atoms with E-state index in [-0.39, 0.29) is 12.3 Å². The number of benzene rings is 1. The Morgan fingerprint density at radius 1 is 1.33 bits per heavy atom. The highest BCUT2D eigenvalue weighted by Crippen LogP contribution is 2.30. The summed E-state index contributed by atoms with van der Waals surface area (Å²) >= 11 is 0. The Bertz CT molecular complexity index is 584. The molecule has 0 spiro atoms. The van der Waals surface area contributed by atoms with Gasteiger partial charge in [-0.3, -0.25) is 16.1 Å². The van der Waals surface area contributed by atoms with Crippen molar-refractivity contribution in [1.29, 1.82) is 0 Å². The van der Waals surface area contributed by atoms with E-state index in [1.165, 1.54) is 17.1 Å². The van der Waals surface area contributed by atoms with Gasteiger partial charge in [0.1, 0.15) is 11.6 Å². The molecule has 0 bridgehead atoms. The zero-order valence-electron chi connectivity index (χ0n) is 14.1. The molecule has 0 aliphatic carbocycles. The number of hydrogen-bond acceptors (Lipinski definition) is 4. The summed E-state index contributed by atoms with van der Waals surface area (Å²) in [5.74, 6) is 3.62. The summed E-state index contributed by atoms with van der Waals surface area (Å²) in [7, 11) is 0. The van der Waals surface area contributed by atoms with Gasteiger partial charge in [0.05, 0.1) is 6.04 Å². The van der Waals surface area contributed by atoms with Crippen molar-refractivity contribution in [3.05, 3.63) is 47.5 Å². The molecule has 1 aromatic rings. The van der Waals surface area contributed by atoms with Crippen LogP contribution in [-0.4, -0.2) is 23.7 Å². The molecule has 1 amide bonds. The van der Waals surface area contributed by atoms with E-state index in [9.17, 15) is 13.6 Å². The highest BCUT2D eigenvalue weighted by molar-refractivity contribution is 5.80. The molecule has 1 unspecified atom stereocenters. The van der Waals surface area contributed by atoms with Gasteiger partial charge < -0.3 is 0 Å². The number of rotatable bonds is 6. The first-order chi connectivity index (χ1) is 11.5. The van der Waals surface area contributed by atoms with Crippen molar-refractivity contribution in [2.75, 3.05) is 6.54 Å². The van der Waals surface area contributed by atoms with Crippen LogP contribution < -0.4 is 11.3 Å². The number of carbonyl (C=O) groups is 1. The largest absolute Gasteiger partial charge is 0.273 e. The van der Waals surface area contributed by atoms with Gasteiger partial charge in [0.25, 0.3) is 0 Å². The van der Waals surface area contributed by atoms with Crippen LogP contribution >= 0.6 is 0 Å². The molecule has 1 atom stereocenters. The molecule has 3 N–H and O–H groups in total. The first-order valence-corrected chi connectivity index (χ1v) is 7.92. The lowest BCUT2D eigenvalue weighted by atomic mass is 10.0. The number of amides is 1. The first-order valence-electron chi connectivity index (χ1n) is 7.92. The fraction of sp³-hybridized carbons (Fsp3) is 0.412. The third-order valence-electron chi connectivity index (χ3n) is 3.40. The van der Waals surface area contributed by atoms with Crippen LogP contribution in [-0.2, 0) is 4.79 Å². The number of carbonyl (C=O) groups excluding carboxylic acids is 1. The van der Waals surface area contributed by atoms with E-state index in [2.05, 4.69) is 17.1 Å². The molecule has 1 heterocycles. The van der Waals surface area contributed by atoms with E-state index in [1.54, 1.807) is 6.21 Å². The zero-order valence-corrected chi connectivity index (χ0v) is 14.1. The Hall–Kier alpha value is -2.12. The summed E-state index contributed by atoms with van der Waals surface area (Å²) in [6.07, 6.45) is 2.69. The third kappa shape index (κ3) is 5.50. The molecule has 132 valence electrons. The molecular formula is C17H24F2N4O. The van der Waals surface area contributed by atoms with Crippen LogP contribution in [0.3, 0.4) is 0 Å². The van der Waals surface area contributed by atoms with E-state index >= 15 is 0 Å². The molecular weight excluding hydrogens is 314 g/mol. The Kier molecular flexibility index (Phi) is 8.21. The number of nitrogens with one attached hydrogen (secondary N) is 1. The summed E-state index contributed by atoms with van der Waals surface area (Å²) in [4.78, 5) is 12.2. The van der Waals surface area contributed by atoms with Crippen LogP contribution in [0.5, 0.6) is 0 Å². The number of nitrogens with zero attached hydrogens (tertiary/aromatic N) is 2. The van der Waals surface area contributed by atoms with Crippen molar-refractivity contribution >= 4 is 12.1 Å². The first kappa shape index (κ1) is 19.9. The minimum absolute atomic E-state index is 0.214. The van der Waals surface area contributed by atoms with Crippen molar-refractivity contribution in [2.45, 2.75) is 39.2 Å². The third-order valence-corrected chi connectivity index (χ3v) is 3.40. The van der Waals surface area contributed by atoms with Crippen LogP contribution in [0.1, 0.15) is 44.7 Å². The SMILES string of the molecule is C=C(CCC(=O)N1N=CCC1c1cc(F)cc(F)c1)CNN.CC. The lowest BCUT2D eigenvalue weighted by molar-refractivity contribution is -0.133. The van der Waals surface area contributed by atoms with Crippen molar-refractivity contribution < 1.29 is 13.6 Å². The Morgan fingerprint density at radius 3 is 2.54 bits per heavy atom. The van der Waals surface area contributed by atoms with Gasteiger partial charge in [0.2, 0.25) is 5.91 Å². The van der Waals surface area contributed by atoms with Gasteiger partial charge in [-0.2, -0.15) is 5.10 Å². The van der Waals surface area contributed by atoms with Gasteiger partial charge in [-0.15, -0.1) is 0 Å². The topological polar surface area (TPSA) is 70.7 Å². The second kappa shape index (κ2) is 9.89. The van der Waals surface area contributed by atoms with E-state index < -0.39 is 17.7 Å². The Morgan fingerprint density at radius 2 is 1.96 bits per heavy atom. The average Bonchev–Trinajstić information content (AvgIpc) is 3.03. The van der Waals surface area contributed by atoms with Gasteiger partial charge in [-0.05, 0) is 24.1 Å². The molecule has 24 heavy (non-hydrogen) atoms. The minimum atomic E-state index is -0.670. The molecule has 1 aromatic carbocycles. The monoisotopic (exact) mass is 338 g/mol. The fourth-order valence-corrected chi connectivity index (χ4v) is 2.33. The normalized spacial score (nSPS) is 15.9. The van der Waals surface area contributed by atoms with Gasteiger partial charge in [0, 0.05) is 31.7 Å². The highest BCUT2D eigenvalue weighted by Gasteiger charge is 2.28. The number of halogens is 2. The van der Waals surface area contributed by atoms with Crippen LogP contribution in [0, 0.1) is 11.6 Å². The second-order valence-corrected chi connectivity index (χ2v) is 5.12. The molecule has 1 aliphatic heterocycles. The molecule has 7 heteroatoms. The van der Waals surface area contributed by atoms with E-state index in [0.29, 0.717) is 24.9 Å². The lowest BCUT2D eigenvalue weighted by Crippen LogP contribution is -2.28. The maximum absolute atomic E-state index is 13.3.